The number of carbonyl (C=O) groups is 2. The van der Waals surface area contributed by atoms with E-state index in [-0.39, 0.29) is 17.1 Å². The predicted octanol–water partition coefficient (Wildman–Crippen LogP) is 3.16. The van der Waals surface area contributed by atoms with Crippen molar-refractivity contribution in [2.75, 3.05) is 19.0 Å². The van der Waals surface area contributed by atoms with E-state index in [4.69, 9.17) is 16.3 Å². The lowest BCUT2D eigenvalue weighted by Gasteiger charge is -2.11. The van der Waals surface area contributed by atoms with Gasteiger partial charge in [-0.2, -0.15) is 0 Å². The maximum atomic E-state index is 13.7. The van der Waals surface area contributed by atoms with Crippen molar-refractivity contribution in [3.05, 3.63) is 58.4 Å². The molecule has 0 saturated carbocycles. The molecule has 0 bridgehead atoms. The first-order valence-corrected chi connectivity index (χ1v) is 7.46. The molecule has 2 amide bonds. The molecule has 126 valence electrons. The van der Waals surface area contributed by atoms with E-state index in [1.54, 1.807) is 12.1 Å². The molecule has 0 aliphatic carbocycles. The van der Waals surface area contributed by atoms with E-state index in [0.29, 0.717) is 11.4 Å². The number of rotatable bonds is 5. The molecule has 2 aromatic carbocycles. The monoisotopic (exact) mass is 350 g/mol. The molecule has 0 aromatic heterocycles. The zero-order chi connectivity index (χ0) is 17.7. The van der Waals surface area contributed by atoms with Crippen molar-refractivity contribution >= 4 is 29.1 Å². The quantitative estimate of drug-likeness (QED) is 0.870. The van der Waals surface area contributed by atoms with Crippen LogP contribution in [-0.4, -0.2) is 25.5 Å². The van der Waals surface area contributed by atoms with Crippen molar-refractivity contribution in [3.63, 3.8) is 0 Å². The Kier molecular flexibility index (Phi) is 5.76. The Hall–Kier alpha value is -2.60. The van der Waals surface area contributed by atoms with Crippen molar-refractivity contribution in [2.24, 2.45) is 0 Å². The maximum absolute atomic E-state index is 13.7. The van der Waals surface area contributed by atoms with Crippen molar-refractivity contribution in [1.82, 2.24) is 5.32 Å². The van der Waals surface area contributed by atoms with Gasteiger partial charge < -0.3 is 15.4 Å². The highest BCUT2D eigenvalue weighted by atomic mass is 35.5. The van der Waals surface area contributed by atoms with Crippen molar-refractivity contribution < 1.29 is 18.7 Å². The number of hydrogen-bond acceptors (Lipinski definition) is 3. The van der Waals surface area contributed by atoms with Crippen LogP contribution < -0.4 is 15.4 Å². The number of halogens is 2. The molecule has 0 unspecified atom stereocenters. The lowest BCUT2D eigenvalue weighted by atomic mass is 10.2. The summed E-state index contributed by atoms with van der Waals surface area (Å²) in [6, 6.07) is 9.02. The first-order valence-electron chi connectivity index (χ1n) is 7.08. The minimum Gasteiger partial charge on any atom is -0.495 e. The number of anilines is 1. The number of carbonyl (C=O) groups excluding carboxylic acids is 2. The molecule has 0 heterocycles. The second-order valence-corrected chi connectivity index (χ2v) is 5.50. The summed E-state index contributed by atoms with van der Waals surface area (Å²) in [4.78, 5) is 23.9. The Morgan fingerprint density at radius 1 is 1.21 bits per heavy atom. The third-order valence-corrected chi connectivity index (χ3v) is 3.45. The Labute approximate surface area is 143 Å². The molecule has 0 radical (unpaired) electrons. The number of nitrogens with one attached hydrogen (secondary N) is 2. The third-order valence-electron chi connectivity index (χ3n) is 3.21. The van der Waals surface area contributed by atoms with Crippen molar-refractivity contribution in [3.8, 4) is 5.75 Å². The third kappa shape index (κ3) is 4.45. The average Bonchev–Trinajstić information content (AvgIpc) is 2.53. The number of hydrogen-bond donors (Lipinski definition) is 2. The standard InChI is InChI=1S/C17H16ClFN2O3/c1-10-3-6-15(24-2)14(7-10)21-16(22)9-20-17(23)12-5-4-11(18)8-13(12)19/h3-8H,9H2,1-2H3,(H,20,23)(H,21,22). The van der Waals surface area contributed by atoms with Gasteiger partial charge in [-0.3, -0.25) is 9.59 Å². The summed E-state index contributed by atoms with van der Waals surface area (Å²) < 4.78 is 18.8. The van der Waals surface area contributed by atoms with Crippen LogP contribution in [0.15, 0.2) is 36.4 Å². The van der Waals surface area contributed by atoms with E-state index < -0.39 is 17.6 Å². The van der Waals surface area contributed by atoms with E-state index in [0.717, 1.165) is 11.6 Å². The minimum atomic E-state index is -0.749. The van der Waals surface area contributed by atoms with Crippen LogP contribution >= 0.6 is 11.6 Å². The number of aryl methyl sites for hydroxylation is 1. The molecule has 0 fully saturated rings. The van der Waals surface area contributed by atoms with Crippen molar-refractivity contribution in [1.29, 1.82) is 0 Å². The number of methoxy groups -OCH3 is 1. The molecular formula is C17H16ClFN2O3. The van der Waals surface area contributed by atoms with Gasteiger partial charge in [0, 0.05) is 5.02 Å². The normalized spacial score (nSPS) is 10.2. The molecule has 2 aromatic rings. The first kappa shape index (κ1) is 17.7. The fourth-order valence-corrected chi connectivity index (χ4v) is 2.20. The Morgan fingerprint density at radius 3 is 2.62 bits per heavy atom. The summed E-state index contributed by atoms with van der Waals surface area (Å²) >= 11 is 5.63. The topological polar surface area (TPSA) is 67.4 Å². The number of amides is 2. The summed E-state index contributed by atoms with van der Waals surface area (Å²) in [5.74, 6) is -1.40. The SMILES string of the molecule is COc1ccc(C)cc1NC(=O)CNC(=O)c1ccc(Cl)cc1F. The van der Waals surface area contributed by atoms with E-state index in [1.807, 2.05) is 13.0 Å². The fraction of sp³-hybridized carbons (Fsp3) is 0.176. The van der Waals surface area contributed by atoms with Gasteiger partial charge in [-0.1, -0.05) is 17.7 Å². The largest absolute Gasteiger partial charge is 0.495 e. The zero-order valence-electron chi connectivity index (χ0n) is 13.2. The van der Waals surface area contributed by atoms with E-state index in [9.17, 15) is 14.0 Å². The van der Waals surface area contributed by atoms with Crippen LogP contribution in [-0.2, 0) is 4.79 Å². The van der Waals surface area contributed by atoms with Crippen LogP contribution in [0, 0.1) is 12.7 Å². The van der Waals surface area contributed by atoms with Crippen LogP contribution in [0.1, 0.15) is 15.9 Å². The maximum Gasteiger partial charge on any atom is 0.254 e. The summed E-state index contributed by atoms with van der Waals surface area (Å²) in [6.45, 7) is 1.57. The van der Waals surface area contributed by atoms with Gasteiger partial charge in [0.05, 0.1) is 24.9 Å². The van der Waals surface area contributed by atoms with Crippen LogP contribution in [0.5, 0.6) is 5.75 Å². The summed E-state index contributed by atoms with van der Waals surface area (Å²) in [6.07, 6.45) is 0. The lowest BCUT2D eigenvalue weighted by molar-refractivity contribution is -0.115. The Bertz CT molecular complexity index is 780. The Balaban J connectivity index is 1.98. The highest BCUT2D eigenvalue weighted by Crippen LogP contribution is 2.24. The highest BCUT2D eigenvalue weighted by Gasteiger charge is 2.14. The molecule has 2 N–H and O–H groups in total. The van der Waals surface area contributed by atoms with Gasteiger partial charge >= 0.3 is 0 Å². The molecule has 0 spiro atoms. The first-order chi connectivity index (χ1) is 11.4. The number of benzene rings is 2. The van der Waals surface area contributed by atoms with Gasteiger partial charge in [-0.05, 0) is 42.8 Å². The van der Waals surface area contributed by atoms with Gasteiger partial charge in [0.25, 0.3) is 5.91 Å². The molecular weight excluding hydrogens is 335 g/mol. The molecule has 7 heteroatoms. The molecule has 2 rings (SSSR count). The summed E-state index contributed by atoms with van der Waals surface area (Å²) in [7, 11) is 1.49. The van der Waals surface area contributed by atoms with Gasteiger partial charge in [0.15, 0.2) is 0 Å². The summed E-state index contributed by atoms with van der Waals surface area (Å²) in [5.41, 5.74) is 1.26. The fourth-order valence-electron chi connectivity index (χ4n) is 2.04. The van der Waals surface area contributed by atoms with Gasteiger partial charge in [-0.15, -0.1) is 0 Å². The highest BCUT2D eigenvalue weighted by molar-refractivity contribution is 6.30. The molecule has 5 nitrogen and oxygen atoms in total. The van der Waals surface area contributed by atoms with Crippen LogP contribution in [0.4, 0.5) is 10.1 Å². The second-order valence-electron chi connectivity index (χ2n) is 5.06. The van der Waals surface area contributed by atoms with Gasteiger partial charge in [0.1, 0.15) is 11.6 Å². The van der Waals surface area contributed by atoms with E-state index in [1.165, 1.54) is 19.2 Å². The summed E-state index contributed by atoms with van der Waals surface area (Å²) in [5, 5.41) is 5.18. The van der Waals surface area contributed by atoms with Gasteiger partial charge in [0.2, 0.25) is 5.91 Å². The smallest absolute Gasteiger partial charge is 0.254 e. The second kappa shape index (κ2) is 7.79. The molecule has 0 aliphatic rings. The number of ether oxygens (including phenoxy) is 1. The predicted molar refractivity (Wildman–Crippen MR) is 90.1 cm³/mol. The lowest BCUT2D eigenvalue weighted by Crippen LogP contribution is -2.33. The molecule has 0 atom stereocenters. The molecule has 0 aliphatic heterocycles. The molecule has 24 heavy (non-hydrogen) atoms. The zero-order valence-corrected chi connectivity index (χ0v) is 13.9. The average molecular weight is 351 g/mol. The van der Waals surface area contributed by atoms with Crippen molar-refractivity contribution in [2.45, 2.75) is 6.92 Å². The van der Waals surface area contributed by atoms with Crippen LogP contribution in [0.2, 0.25) is 5.02 Å². The van der Waals surface area contributed by atoms with Crippen LogP contribution in [0.25, 0.3) is 0 Å². The van der Waals surface area contributed by atoms with Crippen LogP contribution in [0.3, 0.4) is 0 Å². The van der Waals surface area contributed by atoms with E-state index in [2.05, 4.69) is 10.6 Å². The Morgan fingerprint density at radius 2 is 1.96 bits per heavy atom. The minimum absolute atomic E-state index is 0.180. The van der Waals surface area contributed by atoms with Gasteiger partial charge in [-0.25, -0.2) is 4.39 Å². The van der Waals surface area contributed by atoms with E-state index >= 15 is 0 Å². The molecule has 0 saturated heterocycles.